The van der Waals surface area contributed by atoms with Crippen LogP contribution in [0, 0.1) is 6.92 Å². The second-order valence-electron chi connectivity index (χ2n) is 6.30. The number of carboxylic acids is 1. The fraction of sp³-hybridized carbons (Fsp3) is 0.211. The molecule has 7 nitrogen and oxygen atoms in total. The molecule has 0 spiro atoms. The molecule has 2 aromatic carbocycles. The van der Waals surface area contributed by atoms with E-state index in [2.05, 4.69) is 10.3 Å². The van der Waals surface area contributed by atoms with Crippen molar-refractivity contribution < 1.29 is 9.90 Å². The minimum atomic E-state index is -1.01. The average molecular weight is 352 g/mol. The standard InChI is InChI=1S/C19H20N4O3/c1-10-8-13(16-14(9-10)17(24)23(3)19(20)22-16)11(2)21-15-7-5-4-6-12(15)18(25)26/h4-9,11,21H,1-3H3,(H2,20,22)(H,25,26). The van der Waals surface area contributed by atoms with Gasteiger partial charge in [0.25, 0.3) is 5.56 Å². The number of hydrogen-bond acceptors (Lipinski definition) is 5. The van der Waals surface area contributed by atoms with E-state index in [0.717, 1.165) is 11.1 Å². The third-order valence-corrected chi connectivity index (χ3v) is 4.38. The molecule has 1 unspecified atom stereocenters. The molecule has 0 amide bonds. The van der Waals surface area contributed by atoms with Gasteiger partial charge in [0.05, 0.1) is 22.5 Å². The molecule has 0 radical (unpaired) electrons. The van der Waals surface area contributed by atoms with Crippen molar-refractivity contribution in [1.29, 1.82) is 0 Å². The first-order chi connectivity index (χ1) is 12.3. The van der Waals surface area contributed by atoms with Gasteiger partial charge >= 0.3 is 5.97 Å². The lowest BCUT2D eigenvalue weighted by molar-refractivity contribution is 0.0698. The van der Waals surface area contributed by atoms with Gasteiger partial charge in [0.2, 0.25) is 5.95 Å². The van der Waals surface area contributed by atoms with Gasteiger partial charge in [0, 0.05) is 18.3 Å². The number of aryl methyl sites for hydroxylation is 1. The highest BCUT2D eigenvalue weighted by Crippen LogP contribution is 2.27. The van der Waals surface area contributed by atoms with Gasteiger partial charge in [-0.1, -0.05) is 18.2 Å². The maximum Gasteiger partial charge on any atom is 0.337 e. The predicted octanol–water partition coefficient (Wildman–Crippen LogP) is 2.70. The van der Waals surface area contributed by atoms with Crippen LogP contribution < -0.4 is 16.6 Å². The Morgan fingerprint density at radius 1 is 1.31 bits per heavy atom. The number of nitrogens with two attached hydrogens (primary N) is 1. The fourth-order valence-electron chi connectivity index (χ4n) is 3.01. The molecule has 3 aromatic rings. The molecule has 0 aliphatic heterocycles. The SMILES string of the molecule is Cc1cc(C(C)Nc2ccccc2C(=O)O)c2nc(N)n(C)c(=O)c2c1. The minimum absolute atomic E-state index is 0.130. The summed E-state index contributed by atoms with van der Waals surface area (Å²) >= 11 is 0. The van der Waals surface area contributed by atoms with E-state index in [4.69, 9.17) is 5.73 Å². The van der Waals surface area contributed by atoms with E-state index >= 15 is 0 Å². The monoisotopic (exact) mass is 352 g/mol. The molecule has 0 fully saturated rings. The summed E-state index contributed by atoms with van der Waals surface area (Å²) in [5.74, 6) is -0.878. The van der Waals surface area contributed by atoms with E-state index in [-0.39, 0.29) is 23.1 Å². The summed E-state index contributed by atoms with van der Waals surface area (Å²) in [5, 5.41) is 13.0. The number of carbonyl (C=O) groups is 1. The Labute approximate surface area is 150 Å². The molecule has 0 bridgehead atoms. The first-order valence-corrected chi connectivity index (χ1v) is 8.15. The summed E-state index contributed by atoms with van der Waals surface area (Å²) in [6, 6.07) is 10.1. The van der Waals surface area contributed by atoms with Crippen LogP contribution in [0.2, 0.25) is 0 Å². The average Bonchev–Trinajstić information content (AvgIpc) is 2.60. The zero-order valence-electron chi connectivity index (χ0n) is 14.8. The highest BCUT2D eigenvalue weighted by atomic mass is 16.4. The summed E-state index contributed by atoms with van der Waals surface area (Å²) < 4.78 is 1.31. The van der Waals surface area contributed by atoms with Crippen molar-refractivity contribution in [3.8, 4) is 0 Å². The molecule has 7 heteroatoms. The van der Waals surface area contributed by atoms with Gasteiger partial charge in [0.15, 0.2) is 0 Å². The number of fused-ring (bicyclic) bond motifs is 1. The molecule has 1 heterocycles. The molecule has 134 valence electrons. The zero-order chi connectivity index (χ0) is 19.0. The summed E-state index contributed by atoms with van der Waals surface area (Å²) in [5.41, 5.74) is 8.54. The van der Waals surface area contributed by atoms with Crippen molar-refractivity contribution in [3.05, 3.63) is 63.4 Å². The lowest BCUT2D eigenvalue weighted by atomic mass is 10.0. The number of hydrogen-bond donors (Lipinski definition) is 3. The number of nitrogens with one attached hydrogen (secondary N) is 1. The zero-order valence-corrected chi connectivity index (χ0v) is 14.8. The number of aromatic nitrogens is 2. The van der Waals surface area contributed by atoms with Gasteiger partial charge in [-0.3, -0.25) is 9.36 Å². The van der Waals surface area contributed by atoms with E-state index in [1.165, 1.54) is 10.6 Å². The normalized spacial score (nSPS) is 12.1. The number of rotatable bonds is 4. The summed E-state index contributed by atoms with van der Waals surface area (Å²) in [6.07, 6.45) is 0. The van der Waals surface area contributed by atoms with Gasteiger partial charge in [-0.15, -0.1) is 0 Å². The Bertz CT molecular complexity index is 1070. The van der Waals surface area contributed by atoms with Crippen molar-refractivity contribution in [2.45, 2.75) is 19.9 Å². The van der Waals surface area contributed by atoms with Crippen LogP contribution in [0.15, 0.2) is 41.2 Å². The Morgan fingerprint density at radius 2 is 2.00 bits per heavy atom. The van der Waals surface area contributed by atoms with E-state index in [1.54, 1.807) is 31.3 Å². The van der Waals surface area contributed by atoms with Crippen LogP contribution in [0.1, 0.15) is 34.5 Å². The van der Waals surface area contributed by atoms with Gasteiger partial charge in [-0.2, -0.15) is 0 Å². The predicted molar refractivity (Wildman–Crippen MR) is 102 cm³/mol. The lowest BCUT2D eigenvalue weighted by Gasteiger charge is -2.19. The molecular weight excluding hydrogens is 332 g/mol. The highest BCUT2D eigenvalue weighted by molar-refractivity contribution is 5.94. The number of nitrogen functional groups attached to an aromatic ring is 1. The minimum Gasteiger partial charge on any atom is -0.478 e. The van der Waals surface area contributed by atoms with Gasteiger partial charge in [-0.05, 0) is 37.6 Å². The van der Waals surface area contributed by atoms with Crippen molar-refractivity contribution in [2.24, 2.45) is 7.05 Å². The molecule has 0 saturated heterocycles. The van der Waals surface area contributed by atoms with Gasteiger partial charge < -0.3 is 16.2 Å². The molecule has 26 heavy (non-hydrogen) atoms. The first-order valence-electron chi connectivity index (χ1n) is 8.15. The third-order valence-electron chi connectivity index (χ3n) is 4.38. The Hall–Kier alpha value is -3.35. The number of nitrogens with zero attached hydrogens (tertiary/aromatic N) is 2. The molecule has 0 saturated carbocycles. The maximum atomic E-state index is 12.5. The van der Waals surface area contributed by atoms with Crippen molar-refractivity contribution in [1.82, 2.24) is 9.55 Å². The molecule has 3 rings (SSSR count). The maximum absolute atomic E-state index is 12.5. The quantitative estimate of drug-likeness (QED) is 0.666. The van der Waals surface area contributed by atoms with Crippen LogP contribution in [0.25, 0.3) is 10.9 Å². The molecule has 0 aliphatic rings. The Balaban J connectivity index is 2.14. The largest absolute Gasteiger partial charge is 0.478 e. The Morgan fingerprint density at radius 3 is 2.69 bits per heavy atom. The topological polar surface area (TPSA) is 110 Å². The second-order valence-corrected chi connectivity index (χ2v) is 6.30. The van der Waals surface area contributed by atoms with Crippen LogP contribution in [0.5, 0.6) is 0 Å². The van der Waals surface area contributed by atoms with Crippen molar-refractivity contribution >= 4 is 28.5 Å². The number of anilines is 2. The smallest absolute Gasteiger partial charge is 0.337 e. The van der Waals surface area contributed by atoms with E-state index in [1.807, 2.05) is 19.9 Å². The molecule has 1 aromatic heterocycles. The number of aromatic carboxylic acids is 1. The Kier molecular flexibility index (Phi) is 4.38. The first kappa shape index (κ1) is 17.5. The number of benzene rings is 2. The van der Waals surface area contributed by atoms with Gasteiger partial charge in [-0.25, -0.2) is 9.78 Å². The molecule has 4 N–H and O–H groups in total. The van der Waals surface area contributed by atoms with Crippen LogP contribution in [0.4, 0.5) is 11.6 Å². The van der Waals surface area contributed by atoms with E-state index in [9.17, 15) is 14.7 Å². The van der Waals surface area contributed by atoms with E-state index < -0.39 is 5.97 Å². The van der Waals surface area contributed by atoms with Crippen LogP contribution in [-0.4, -0.2) is 20.6 Å². The van der Waals surface area contributed by atoms with Crippen LogP contribution in [-0.2, 0) is 7.05 Å². The fourth-order valence-corrected chi connectivity index (χ4v) is 3.01. The third kappa shape index (κ3) is 2.99. The van der Waals surface area contributed by atoms with Crippen molar-refractivity contribution in [2.75, 3.05) is 11.1 Å². The summed E-state index contributed by atoms with van der Waals surface area (Å²) in [7, 11) is 1.58. The van der Waals surface area contributed by atoms with Crippen molar-refractivity contribution in [3.63, 3.8) is 0 Å². The second kappa shape index (κ2) is 6.51. The molecular formula is C19H20N4O3. The highest BCUT2D eigenvalue weighted by Gasteiger charge is 2.17. The molecule has 1 atom stereocenters. The van der Waals surface area contributed by atoms with Crippen LogP contribution in [0.3, 0.4) is 0 Å². The summed E-state index contributed by atoms with van der Waals surface area (Å²) in [4.78, 5) is 28.3. The number of carboxylic acid groups (broad SMARTS) is 1. The van der Waals surface area contributed by atoms with E-state index in [0.29, 0.717) is 16.6 Å². The number of para-hydroxylation sites is 1. The van der Waals surface area contributed by atoms with Gasteiger partial charge in [0.1, 0.15) is 0 Å². The lowest BCUT2D eigenvalue weighted by Crippen LogP contribution is -2.22. The van der Waals surface area contributed by atoms with Crippen LogP contribution >= 0.6 is 0 Å². The summed E-state index contributed by atoms with van der Waals surface area (Å²) in [6.45, 7) is 3.79. The molecule has 0 aliphatic carbocycles.